The minimum Gasteiger partial charge on any atom is -0.463 e. The third-order valence-corrected chi connectivity index (χ3v) is 5.69. The number of carbonyl (C=O) groups is 2. The predicted molar refractivity (Wildman–Crippen MR) is 123 cm³/mol. The lowest BCUT2D eigenvalue weighted by atomic mass is 9.94. The number of rotatable bonds is 11. The van der Waals surface area contributed by atoms with Gasteiger partial charge in [0, 0.05) is 19.6 Å². The maximum absolute atomic E-state index is 12.4. The van der Waals surface area contributed by atoms with Crippen LogP contribution in [0, 0.1) is 11.8 Å². The lowest BCUT2D eigenvalue weighted by molar-refractivity contribution is -0.146. The zero-order valence-electron chi connectivity index (χ0n) is 19.1. The Morgan fingerprint density at radius 2 is 1.56 bits per heavy atom. The third kappa shape index (κ3) is 6.33. The summed E-state index contributed by atoms with van der Waals surface area (Å²) in [6.45, 7) is 5.44. The van der Waals surface area contributed by atoms with Crippen LogP contribution in [0.25, 0.3) is 11.1 Å². The molecule has 0 heterocycles. The number of nitrogens with one attached hydrogen (secondary N) is 1. The van der Waals surface area contributed by atoms with Crippen LogP contribution in [-0.2, 0) is 19.0 Å². The van der Waals surface area contributed by atoms with Crippen LogP contribution in [0.1, 0.15) is 43.7 Å². The minimum absolute atomic E-state index is 0.00877. The van der Waals surface area contributed by atoms with E-state index in [1.807, 2.05) is 24.3 Å². The van der Waals surface area contributed by atoms with Crippen molar-refractivity contribution in [3.63, 3.8) is 0 Å². The van der Waals surface area contributed by atoms with Gasteiger partial charge >= 0.3 is 12.1 Å². The molecule has 1 N–H and O–H groups in total. The van der Waals surface area contributed by atoms with Gasteiger partial charge in [-0.2, -0.15) is 0 Å². The molecule has 1 atom stereocenters. The van der Waals surface area contributed by atoms with Crippen molar-refractivity contribution in [1.82, 2.24) is 5.32 Å². The fourth-order valence-corrected chi connectivity index (χ4v) is 4.32. The maximum Gasteiger partial charge on any atom is 0.407 e. The average Bonchev–Trinajstić information content (AvgIpc) is 3.09. The van der Waals surface area contributed by atoms with Crippen molar-refractivity contribution in [2.75, 3.05) is 33.5 Å². The first-order valence-corrected chi connectivity index (χ1v) is 11.2. The highest BCUT2D eigenvalue weighted by molar-refractivity contribution is 5.79. The van der Waals surface area contributed by atoms with Crippen molar-refractivity contribution in [3.8, 4) is 11.1 Å². The topological polar surface area (TPSA) is 73.9 Å². The fraction of sp³-hybridized carbons (Fsp3) is 0.462. The number of alkyl carbamates (subject to hydrolysis) is 1. The summed E-state index contributed by atoms with van der Waals surface area (Å²) in [5, 5.41) is 2.84. The number of hydrogen-bond acceptors (Lipinski definition) is 5. The van der Waals surface area contributed by atoms with Gasteiger partial charge in [-0.1, -0.05) is 62.4 Å². The maximum atomic E-state index is 12.4. The number of fused-ring (bicyclic) bond motifs is 3. The molecule has 6 heteroatoms. The van der Waals surface area contributed by atoms with E-state index < -0.39 is 6.09 Å². The summed E-state index contributed by atoms with van der Waals surface area (Å²) in [5.41, 5.74) is 4.75. The van der Waals surface area contributed by atoms with Crippen LogP contribution in [0.5, 0.6) is 0 Å². The van der Waals surface area contributed by atoms with E-state index in [-0.39, 0.29) is 37.4 Å². The first-order chi connectivity index (χ1) is 15.5. The second-order valence-corrected chi connectivity index (χ2v) is 8.62. The zero-order valence-corrected chi connectivity index (χ0v) is 19.1. The zero-order chi connectivity index (χ0) is 22.9. The van der Waals surface area contributed by atoms with Crippen LogP contribution in [0.2, 0.25) is 0 Å². The number of ether oxygens (including phenoxy) is 3. The molecule has 0 fully saturated rings. The molecular weight excluding hydrogens is 406 g/mol. The Morgan fingerprint density at radius 1 is 0.938 bits per heavy atom. The second-order valence-electron chi connectivity index (χ2n) is 8.62. The average molecular weight is 440 g/mol. The molecule has 1 amide bonds. The summed E-state index contributed by atoms with van der Waals surface area (Å²) >= 11 is 0. The van der Waals surface area contributed by atoms with Gasteiger partial charge in [-0.15, -0.1) is 0 Å². The van der Waals surface area contributed by atoms with Crippen LogP contribution in [0.15, 0.2) is 48.5 Å². The normalized spacial score (nSPS) is 13.4. The highest BCUT2D eigenvalue weighted by atomic mass is 16.6. The molecule has 0 aromatic heterocycles. The van der Waals surface area contributed by atoms with Gasteiger partial charge in [0.1, 0.15) is 13.2 Å². The Hall–Kier alpha value is -2.86. The van der Waals surface area contributed by atoms with E-state index >= 15 is 0 Å². The molecule has 3 rings (SSSR count). The van der Waals surface area contributed by atoms with E-state index in [2.05, 4.69) is 43.4 Å². The summed E-state index contributed by atoms with van der Waals surface area (Å²) < 4.78 is 15.7. The molecule has 0 aliphatic heterocycles. The standard InChI is InChI=1S/C26H33NO5/c1-18(2)14-19(15-25(28)31-13-12-30-3)16-27-26(29)32-17-24-22-10-6-4-8-20(22)21-9-5-7-11-23(21)24/h4-11,18-19,24H,12-17H2,1-3H3,(H,27,29)/t19-/m0/s1. The molecule has 0 radical (unpaired) electrons. The van der Waals surface area contributed by atoms with Gasteiger partial charge in [-0.25, -0.2) is 4.79 Å². The first kappa shape index (κ1) is 23.8. The molecule has 172 valence electrons. The van der Waals surface area contributed by atoms with E-state index in [0.717, 1.165) is 6.42 Å². The van der Waals surface area contributed by atoms with Crippen molar-refractivity contribution >= 4 is 12.1 Å². The van der Waals surface area contributed by atoms with Crippen LogP contribution < -0.4 is 5.32 Å². The molecule has 1 aliphatic carbocycles. The monoisotopic (exact) mass is 439 g/mol. The minimum atomic E-state index is -0.464. The van der Waals surface area contributed by atoms with E-state index in [1.54, 1.807) is 7.11 Å². The van der Waals surface area contributed by atoms with Crippen molar-refractivity contribution in [1.29, 1.82) is 0 Å². The molecule has 1 aliphatic rings. The lowest BCUT2D eigenvalue weighted by Crippen LogP contribution is -2.32. The Balaban J connectivity index is 1.53. The van der Waals surface area contributed by atoms with Gasteiger partial charge in [0.05, 0.1) is 13.0 Å². The highest BCUT2D eigenvalue weighted by Gasteiger charge is 2.29. The molecule has 0 saturated heterocycles. The lowest BCUT2D eigenvalue weighted by Gasteiger charge is -2.19. The van der Waals surface area contributed by atoms with Gasteiger partial charge in [-0.3, -0.25) is 4.79 Å². The van der Waals surface area contributed by atoms with Gasteiger partial charge in [-0.05, 0) is 40.5 Å². The molecular formula is C26H33NO5. The Kier molecular flexibility index (Phi) is 8.68. The van der Waals surface area contributed by atoms with Crippen molar-refractivity contribution in [3.05, 3.63) is 59.7 Å². The molecule has 2 aromatic rings. The fourth-order valence-electron chi connectivity index (χ4n) is 4.32. The predicted octanol–water partition coefficient (Wildman–Crippen LogP) is 4.77. The van der Waals surface area contributed by atoms with E-state index in [4.69, 9.17) is 14.2 Å². The van der Waals surface area contributed by atoms with Gasteiger partial charge in [0.15, 0.2) is 0 Å². The number of hydrogen-bond donors (Lipinski definition) is 1. The van der Waals surface area contributed by atoms with Crippen molar-refractivity contribution < 1.29 is 23.8 Å². The SMILES string of the molecule is COCCOC(=O)C[C@@H](CNC(=O)OCC1c2ccccc2-c2ccccc21)CC(C)C. The van der Waals surface area contributed by atoms with E-state index in [0.29, 0.717) is 19.1 Å². The summed E-state index contributed by atoms with van der Waals surface area (Å²) in [6.07, 6.45) is 0.600. The van der Waals surface area contributed by atoms with Gasteiger partial charge in [0.2, 0.25) is 0 Å². The van der Waals surface area contributed by atoms with Crippen molar-refractivity contribution in [2.45, 2.75) is 32.6 Å². The number of esters is 1. The summed E-state index contributed by atoms with van der Waals surface area (Å²) in [7, 11) is 1.56. The molecule has 0 unspecified atom stereocenters. The first-order valence-electron chi connectivity index (χ1n) is 11.2. The molecule has 2 aromatic carbocycles. The Morgan fingerprint density at radius 3 is 2.16 bits per heavy atom. The number of benzene rings is 2. The largest absolute Gasteiger partial charge is 0.463 e. The number of methoxy groups -OCH3 is 1. The van der Waals surface area contributed by atoms with Gasteiger partial charge < -0.3 is 19.5 Å². The summed E-state index contributed by atoms with van der Waals surface area (Å²) in [4.78, 5) is 24.5. The molecule has 0 saturated carbocycles. The number of amides is 1. The highest BCUT2D eigenvalue weighted by Crippen LogP contribution is 2.44. The summed E-state index contributed by atoms with van der Waals surface area (Å²) in [6, 6.07) is 16.5. The van der Waals surface area contributed by atoms with Crippen LogP contribution in [-0.4, -0.2) is 45.5 Å². The molecule has 6 nitrogen and oxygen atoms in total. The summed E-state index contributed by atoms with van der Waals surface area (Å²) in [5.74, 6) is 0.138. The second kappa shape index (κ2) is 11.7. The van der Waals surface area contributed by atoms with E-state index in [9.17, 15) is 9.59 Å². The Labute approximate surface area is 190 Å². The van der Waals surface area contributed by atoms with Crippen molar-refractivity contribution in [2.24, 2.45) is 11.8 Å². The van der Waals surface area contributed by atoms with E-state index in [1.165, 1.54) is 22.3 Å². The smallest absolute Gasteiger partial charge is 0.407 e. The van der Waals surface area contributed by atoms with Crippen LogP contribution in [0.4, 0.5) is 4.79 Å². The molecule has 0 spiro atoms. The quantitative estimate of drug-likeness (QED) is 0.403. The van der Waals surface area contributed by atoms with Gasteiger partial charge in [0.25, 0.3) is 0 Å². The number of carbonyl (C=O) groups excluding carboxylic acids is 2. The Bertz CT molecular complexity index is 865. The molecule has 32 heavy (non-hydrogen) atoms. The third-order valence-electron chi connectivity index (χ3n) is 5.69. The molecule has 0 bridgehead atoms. The van der Waals surface area contributed by atoms with Crippen LogP contribution >= 0.6 is 0 Å². The van der Waals surface area contributed by atoms with Crippen LogP contribution in [0.3, 0.4) is 0 Å².